The lowest BCUT2D eigenvalue weighted by molar-refractivity contribution is 0.453. The van der Waals surface area contributed by atoms with Gasteiger partial charge < -0.3 is 0 Å². The van der Waals surface area contributed by atoms with Crippen molar-refractivity contribution in [1.82, 2.24) is 0 Å². The van der Waals surface area contributed by atoms with Crippen LogP contribution in [0.2, 0.25) is 0 Å². The molecule has 0 bridgehead atoms. The van der Waals surface area contributed by atoms with E-state index in [-0.39, 0.29) is 0 Å². The van der Waals surface area contributed by atoms with Crippen LogP contribution in [0.15, 0.2) is 80.9 Å². The highest BCUT2D eigenvalue weighted by atomic mass is 14.1. The summed E-state index contributed by atoms with van der Waals surface area (Å²) in [5, 5.41) is 0. The number of rotatable bonds is 16. The summed E-state index contributed by atoms with van der Waals surface area (Å²) < 4.78 is 0. The van der Waals surface area contributed by atoms with Crippen LogP contribution in [0, 0.1) is 39.5 Å². The van der Waals surface area contributed by atoms with Gasteiger partial charge in [0.1, 0.15) is 0 Å². The van der Waals surface area contributed by atoms with E-state index >= 15 is 0 Å². The van der Waals surface area contributed by atoms with Crippen LogP contribution in [-0.2, 0) is 0 Å². The van der Waals surface area contributed by atoms with Gasteiger partial charge >= 0.3 is 0 Å². The Hall–Kier alpha value is -2.34. The molecule has 0 spiro atoms. The smallest absolute Gasteiger partial charge is 0.0190 e. The topological polar surface area (TPSA) is 0 Å². The maximum atomic E-state index is 3.99. The van der Waals surface area contributed by atoms with Crippen molar-refractivity contribution >= 4 is 0 Å². The molecular formula is C47H84. The molecule has 0 heteroatoms. The highest BCUT2D eigenvalue weighted by Crippen LogP contribution is 2.26. The fraction of sp³-hybridized carbons (Fsp3) is 0.617. The lowest BCUT2D eigenvalue weighted by Gasteiger charge is -2.16. The van der Waals surface area contributed by atoms with Gasteiger partial charge in [-0.05, 0) is 77.2 Å². The standard InChI is InChI=1S/C20H32.C8H10.C8H18.C7H16.2C2H4/c1-15(2)10-11-16(3)8-7-9-19(6)20-13-17(4)12-18(5)14-20;1-7-3-5-8(2)6-4-7;1-4-6-8(3)7-5-2;1-3-5-7-6-4-2;2*1-2/h12-14,16,19H,1,7-11H2,2-6H3;3-6H,1-2H3;8H,4-7H2,1-3H3;3-7H2,1-2H3;2*1-2H2/t16-,19+;;;;;/m1...../s1. The molecule has 2 rings (SSSR count). The van der Waals surface area contributed by atoms with Gasteiger partial charge in [0.15, 0.2) is 0 Å². The highest BCUT2D eigenvalue weighted by Gasteiger charge is 2.08. The molecule has 0 aliphatic heterocycles. The molecule has 0 N–H and O–H groups in total. The van der Waals surface area contributed by atoms with Crippen LogP contribution in [0.4, 0.5) is 0 Å². The molecule has 0 heterocycles. The van der Waals surface area contributed by atoms with Crippen LogP contribution < -0.4 is 0 Å². The monoisotopic (exact) mass is 649 g/mol. The first-order valence-electron chi connectivity index (χ1n) is 19.2. The van der Waals surface area contributed by atoms with E-state index in [4.69, 9.17) is 0 Å². The van der Waals surface area contributed by atoms with Crippen LogP contribution >= 0.6 is 0 Å². The molecule has 2 aromatic rings. The molecule has 0 aromatic heterocycles. The summed E-state index contributed by atoms with van der Waals surface area (Å²) in [5.41, 5.74) is 8.27. The third-order valence-electron chi connectivity index (χ3n) is 8.20. The van der Waals surface area contributed by atoms with Crippen LogP contribution in [0.1, 0.15) is 179 Å². The summed E-state index contributed by atoms with van der Waals surface area (Å²) in [6, 6.07) is 15.4. The summed E-state index contributed by atoms with van der Waals surface area (Å²) in [4.78, 5) is 0. The first kappa shape index (κ1) is 51.5. The Balaban J connectivity index is -0.000000284. The predicted octanol–water partition coefficient (Wildman–Crippen LogP) is 16.7. The number of unbranched alkanes of at least 4 members (excludes halogenated alkanes) is 4. The number of benzene rings is 2. The average Bonchev–Trinajstić information content (AvgIpc) is 3.04. The number of hydrogen-bond acceptors (Lipinski definition) is 0. The van der Waals surface area contributed by atoms with Gasteiger partial charge in [-0.3, -0.25) is 0 Å². The first-order chi connectivity index (χ1) is 22.4. The van der Waals surface area contributed by atoms with Gasteiger partial charge in [0.25, 0.3) is 0 Å². The third-order valence-corrected chi connectivity index (χ3v) is 8.20. The van der Waals surface area contributed by atoms with Gasteiger partial charge in [0.2, 0.25) is 0 Å². The van der Waals surface area contributed by atoms with Crippen LogP contribution in [-0.4, -0.2) is 0 Å². The van der Waals surface area contributed by atoms with Gasteiger partial charge in [0.05, 0.1) is 0 Å². The van der Waals surface area contributed by atoms with Crippen molar-refractivity contribution in [1.29, 1.82) is 0 Å². The fourth-order valence-electron chi connectivity index (χ4n) is 5.31. The van der Waals surface area contributed by atoms with Crippen molar-refractivity contribution in [3.8, 4) is 0 Å². The Labute approximate surface area is 298 Å². The third kappa shape index (κ3) is 38.0. The molecule has 0 aliphatic rings. The molecule has 0 amide bonds. The van der Waals surface area contributed by atoms with E-state index in [1.54, 1.807) is 0 Å². The highest BCUT2D eigenvalue weighted by molar-refractivity contribution is 5.30. The molecule has 0 fully saturated rings. The van der Waals surface area contributed by atoms with Crippen molar-refractivity contribution in [3.05, 3.63) is 109 Å². The van der Waals surface area contributed by atoms with Gasteiger partial charge in [-0.1, -0.05) is 189 Å². The van der Waals surface area contributed by atoms with Gasteiger partial charge in [0, 0.05) is 0 Å². The number of allylic oxidation sites excluding steroid dienone is 1. The zero-order chi connectivity index (χ0) is 37.0. The Morgan fingerprint density at radius 3 is 1.28 bits per heavy atom. The molecule has 0 nitrogen and oxygen atoms in total. The van der Waals surface area contributed by atoms with Crippen molar-refractivity contribution in [2.75, 3.05) is 0 Å². The maximum Gasteiger partial charge on any atom is -0.0190 e. The maximum absolute atomic E-state index is 3.99. The van der Waals surface area contributed by atoms with E-state index in [2.05, 4.69) is 158 Å². The zero-order valence-electron chi connectivity index (χ0n) is 34.2. The van der Waals surface area contributed by atoms with Crippen molar-refractivity contribution in [3.63, 3.8) is 0 Å². The summed E-state index contributed by atoms with van der Waals surface area (Å²) in [6.07, 6.45) is 19.0. The molecule has 0 radical (unpaired) electrons. The van der Waals surface area contributed by atoms with Crippen LogP contribution in [0.5, 0.6) is 0 Å². The van der Waals surface area contributed by atoms with Crippen molar-refractivity contribution < 1.29 is 0 Å². The second-order valence-electron chi connectivity index (χ2n) is 13.8. The van der Waals surface area contributed by atoms with E-state index in [1.165, 1.54) is 123 Å². The van der Waals surface area contributed by atoms with Crippen molar-refractivity contribution in [2.45, 2.75) is 179 Å². The average molecular weight is 649 g/mol. The largest absolute Gasteiger partial charge is 0.106 e. The molecule has 2 atom stereocenters. The molecule has 272 valence electrons. The lowest BCUT2D eigenvalue weighted by Crippen LogP contribution is -1.99. The minimum atomic E-state index is 0.682. The Kier molecular flexibility index (Phi) is 41.8. The van der Waals surface area contributed by atoms with E-state index in [0.29, 0.717) is 5.92 Å². The molecule has 47 heavy (non-hydrogen) atoms. The summed E-state index contributed by atoms with van der Waals surface area (Å²) in [7, 11) is 0. The molecule has 2 aromatic carbocycles. The summed E-state index contributed by atoms with van der Waals surface area (Å²) in [6.45, 7) is 42.8. The van der Waals surface area contributed by atoms with E-state index in [0.717, 1.165) is 11.8 Å². The van der Waals surface area contributed by atoms with Gasteiger partial charge in [-0.25, -0.2) is 0 Å². The van der Waals surface area contributed by atoms with Crippen molar-refractivity contribution in [2.24, 2.45) is 11.8 Å². The Bertz CT molecular complexity index is 864. The minimum Gasteiger partial charge on any atom is -0.106 e. The normalized spacial score (nSPS) is 10.9. The SMILES string of the molecule is C=C.C=C.C=C(C)CC[C@H](C)CCC[C@H](C)c1cc(C)cc(C)c1.CCCC(C)CCC.CCCCCCC.Cc1ccc(C)cc1. The van der Waals surface area contributed by atoms with Crippen LogP contribution in [0.3, 0.4) is 0 Å². The lowest BCUT2D eigenvalue weighted by atomic mass is 9.90. The Morgan fingerprint density at radius 2 is 0.915 bits per heavy atom. The quantitative estimate of drug-likeness (QED) is 0.125. The second kappa shape index (κ2) is 38.1. The summed E-state index contributed by atoms with van der Waals surface area (Å²) >= 11 is 0. The first-order valence-corrected chi connectivity index (χ1v) is 19.2. The van der Waals surface area contributed by atoms with E-state index in [9.17, 15) is 0 Å². The predicted molar refractivity (Wildman–Crippen MR) is 223 cm³/mol. The molecule has 0 aliphatic carbocycles. The molecule has 0 saturated heterocycles. The van der Waals surface area contributed by atoms with Gasteiger partial charge in [-0.2, -0.15) is 0 Å². The van der Waals surface area contributed by atoms with Crippen LogP contribution in [0.25, 0.3) is 0 Å². The minimum absolute atomic E-state index is 0.682. The molecular weight excluding hydrogens is 565 g/mol. The van der Waals surface area contributed by atoms with E-state index < -0.39 is 0 Å². The Morgan fingerprint density at radius 1 is 0.511 bits per heavy atom. The number of hydrogen-bond donors (Lipinski definition) is 0. The second-order valence-corrected chi connectivity index (χ2v) is 13.8. The summed E-state index contributed by atoms with van der Waals surface area (Å²) in [5.74, 6) is 2.48. The fourth-order valence-corrected chi connectivity index (χ4v) is 5.31. The van der Waals surface area contributed by atoms with E-state index in [1.807, 2.05) is 0 Å². The zero-order valence-corrected chi connectivity index (χ0v) is 34.2. The molecule has 0 saturated carbocycles. The molecule has 0 unspecified atom stereocenters. The van der Waals surface area contributed by atoms with Gasteiger partial charge in [-0.15, -0.1) is 32.9 Å². The number of aryl methyl sites for hydroxylation is 4.